The summed E-state index contributed by atoms with van der Waals surface area (Å²) in [7, 11) is 0. The van der Waals surface area contributed by atoms with E-state index >= 15 is 0 Å². The van der Waals surface area contributed by atoms with Crippen LogP contribution in [0.5, 0.6) is 0 Å². The van der Waals surface area contributed by atoms with Gasteiger partial charge in [-0.15, -0.1) is 0 Å². The molecule has 0 atom stereocenters. The Labute approximate surface area is 135 Å². The van der Waals surface area contributed by atoms with Crippen LogP contribution in [0, 0.1) is 6.08 Å². The lowest BCUT2D eigenvalue weighted by Crippen LogP contribution is -1.98. The normalized spacial score (nSPS) is 12.8. The molecule has 0 fully saturated rings. The third-order valence-corrected chi connectivity index (χ3v) is 3.80. The van der Waals surface area contributed by atoms with Crippen LogP contribution < -0.4 is 5.32 Å². The summed E-state index contributed by atoms with van der Waals surface area (Å²) in [4.78, 5) is 4.59. The summed E-state index contributed by atoms with van der Waals surface area (Å²) in [6, 6.07) is 18.7. The number of rotatable bonds is 3. The Bertz CT molecular complexity index is 943. The predicted octanol–water partition coefficient (Wildman–Crippen LogP) is 5.13. The van der Waals surface area contributed by atoms with Crippen molar-refractivity contribution in [2.45, 2.75) is 0 Å². The first-order valence-electron chi connectivity index (χ1n) is 7.58. The molecular weight excluding hydrogens is 280 g/mol. The second-order valence-electron chi connectivity index (χ2n) is 5.36. The molecule has 1 heterocycles. The van der Waals surface area contributed by atoms with E-state index in [1.807, 2.05) is 42.6 Å². The number of hydrogen-bond acceptors (Lipinski definition) is 2. The summed E-state index contributed by atoms with van der Waals surface area (Å²) < 4.78 is 0. The van der Waals surface area contributed by atoms with Crippen molar-refractivity contribution < 1.29 is 0 Å². The maximum atomic E-state index is 4.59. The topological polar surface area (TPSA) is 24.9 Å². The fourth-order valence-electron chi connectivity index (χ4n) is 2.72. The van der Waals surface area contributed by atoms with E-state index < -0.39 is 0 Å². The van der Waals surface area contributed by atoms with Gasteiger partial charge in [-0.2, -0.15) is 0 Å². The van der Waals surface area contributed by atoms with Crippen molar-refractivity contribution >= 4 is 16.5 Å². The Kier molecular flexibility index (Phi) is 3.44. The van der Waals surface area contributed by atoms with Crippen LogP contribution in [0.2, 0.25) is 0 Å². The highest BCUT2D eigenvalue weighted by Crippen LogP contribution is 2.28. The minimum absolute atomic E-state index is 0.954. The second kappa shape index (κ2) is 5.88. The molecule has 0 amide bonds. The summed E-state index contributed by atoms with van der Waals surface area (Å²) in [5.41, 5.74) is 4.08. The molecule has 0 aliphatic heterocycles. The van der Waals surface area contributed by atoms with Gasteiger partial charge in [-0.05, 0) is 23.6 Å². The molecule has 0 unspecified atom stereocenters. The highest BCUT2D eigenvalue weighted by molar-refractivity contribution is 5.94. The molecule has 0 saturated carbocycles. The predicted molar refractivity (Wildman–Crippen MR) is 95.8 cm³/mol. The number of nitrogens with one attached hydrogen (secondary N) is 1. The molecular formula is C21H15N2+. The molecule has 0 bridgehead atoms. The molecule has 1 aromatic heterocycles. The largest absolute Gasteiger partial charge is 0.326 e. The Balaban J connectivity index is 1.74. The molecule has 4 rings (SSSR count). The van der Waals surface area contributed by atoms with E-state index in [0.717, 1.165) is 22.6 Å². The fourth-order valence-corrected chi connectivity index (χ4v) is 2.72. The van der Waals surface area contributed by atoms with Crippen molar-refractivity contribution in [2.24, 2.45) is 0 Å². The summed E-state index contributed by atoms with van der Waals surface area (Å²) >= 11 is 0. The second-order valence-corrected chi connectivity index (χ2v) is 5.36. The van der Waals surface area contributed by atoms with Gasteiger partial charge in [0.1, 0.15) is 6.08 Å². The van der Waals surface area contributed by atoms with Gasteiger partial charge in [-0.3, -0.25) is 4.98 Å². The van der Waals surface area contributed by atoms with Crippen LogP contribution in [0.15, 0.2) is 90.8 Å². The van der Waals surface area contributed by atoms with Crippen LogP contribution in [0.1, 0.15) is 0 Å². The molecule has 108 valence electrons. The average molecular weight is 295 g/mol. The number of nitrogens with zero attached hydrogens (tertiary/aromatic N) is 1. The zero-order valence-corrected chi connectivity index (χ0v) is 12.5. The molecule has 23 heavy (non-hydrogen) atoms. The van der Waals surface area contributed by atoms with E-state index in [0.29, 0.717) is 0 Å². The molecule has 1 aliphatic rings. The summed E-state index contributed by atoms with van der Waals surface area (Å²) in [5, 5.41) is 5.75. The number of hydrogen-bond donors (Lipinski definition) is 1. The summed E-state index contributed by atoms with van der Waals surface area (Å²) in [6.45, 7) is 0. The van der Waals surface area contributed by atoms with Gasteiger partial charge in [0.2, 0.25) is 5.70 Å². The van der Waals surface area contributed by atoms with Gasteiger partial charge < -0.3 is 5.32 Å². The van der Waals surface area contributed by atoms with Crippen LogP contribution >= 0.6 is 0 Å². The van der Waals surface area contributed by atoms with Crippen molar-refractivity contribution in [1.82, 2.24) is 4.98 Å². The third-order valence-electron chi connectivity index (χ3n) is 3.80. The number of pyridine rings is 1. The fraction of sp³-hybridized carbons (Fsp3) is 0. The monoisotopic (exact) mass is 295 g/mol. The van der Waals surface area contributed by atoms with Crippen molar-refractivity contribution in [3.8, 4) is 11.3 Å². The van der Waals surface area contributed by atoms with Crippen molar-refractivity contribution in [3.05, 3.63) is 96.9 Å². The highest BCUT2D eigenvalue weighted by Gasteiger charge is 2.08. The van der Waals surface area contributed by atoms with Crippen LogP contribution in [-0.4, -0.2) is 4.98 Å². The number of allylic oxidation sites excluding steroid dienone is 5. The van der Waals surface area contributed by atoms with E-state index in [2.05, 4.69) is 58.8 Å². The molecule has 2 nitrogen and oxygen atoms in total. The van der Waals surface area contributed by atoms with Crippen LogP contribution in [0.3, 0.4) is 0 Å². The lowest BCUT2D eigenvalue weighted by molar-refractivity contribution is 1.35. The first kappa shape index (κ1) is 13.4. The Morgan fingerprint density at radius 2 is 1.87 bits per heavy atom. The van der Waals surface area contributed by atoms with E-state index in [4.69, 9.17) is 0 Å². The third kappa shape index (κ3) is 2.76. The molecule has 2 aromatic carbocycles. The zero-order chi connectivity index (χ0) is 15.5. The summed E-state index contributed by atoms with van der Waals surface area (Å²) in [5.74, 6) is 0. The molecule has 0 spiro atoms. The molecule has 0 saturated heterocycles. The zero-order valence-electron chi connectivity index (χ0n) is 12.5. The molecule has 1 aliphatic carbocycles. The minimum atomic E-state index is 0.954. The Hall–Kier alpha value is -3.22. The maximum Gasteiger partial charge on any atom is 0.207 e. The van der Waals surface area contributed by atoms with E-state index in [1.165, 1.54) is 10.8 Å². The number of benzene rings is 2. The van der Waals surface area contributed by atoms with Crippen molar-refractivity contribution in [3.63, 3.8) is 0 Å². The van der Waals surface area contributed by atoms with Crippen LogP contribution in [0.4, 0.5) is 5.69 Å². The number of anilines is 1. The van der Waals surface area contributed by atoms with E-state index in [9.17, 15) is 0 Å². The Morgan fingerprint density at radius 1 is 0.913 bits per heavy atom. The number of fused-ring (bicyclic) bond motifs is 1. The molecule has 0 radical (unpaired) electrons. The standard InChI is InChI=1S/C21H15N2/c1-2-9-18(10-3-1)23-19-11-6-8-17(15-19)21-20-12-5-4-7-16(20)13-14-22-21/h1-9,11-15,23H/q+1. The molecule has 2 heteroatoms. The van der Waals surface area contributed by atoms with Gasteiger partial charge in [-0.1, -0.05) is 36.4 Å². The van der Waals surface area contributed by atoms with Crippen LogP contribution in [0.25, 0.3) is 22.0 Å². The average Bonchev–Trinajstić information content (AvgIpc) is 2.62. The summed E-state index contributed by atoms with van der Waals surface area (Å²) in [6.07, 6.45) is 12.9. The van der Waals surface area contributed by atoms with Crippen LogP contribution in [-0.2, 0) is 0 Å². The van der Waals surface area contributed by atoms with E-state index in [-0.39, 0.29) is 0 Å². The molecule has 1 N–H and O–H groups in total. The van der Waals surface area contributed by atoms with Crippen molar-refractivity contribution in [2.75, 3.05) is 5.32 Å². The smallest absolute Gasteiger partial charge is 0.207 e. The lowest BCUT2D eigenvalue weighted by Gasteiger charge is -2.08. The van der Waals surface area contributed by atoms with Gasteiger partial charge >= 0.3 is 0 Å². The van der Waals surface area contributed by atoms with E-state index in [1.54, 1.807) is 0 Å². The van der Waals surface area contributed by atoms with Crippen molar-refractivity contribution in [1.29, 1.82) is 0 Å². The highest BCUT2D eigenvalue weighted by atomic mass is 14.9. The lowest BCUT2D eigenvalue weighted by atomic mass is 10.0. The first-order valence-corrected chi connectivity index (χ1v) is 7.58. The number of aromatic nitrogens is 1. The molecule has 3 aromatic rings. The van der Waals surface area contributed by atoms with Gasteiger partial charge in [0, 0.05) is 28.9 Å². The maximum absolute atomic E-state index is 4.59. The van der Waals surface area contributed by atoms with Gasteiger partial charge in [0.05, 0.1) is 23.9 Å². The van der Waals surface area contributed by atoms with Gasteiger partial charge in [0.25, 0.3) is 0 Å². The van der Waals surface area contributed by atoms with Gasteiger partial charge in [0.15, 0.2) is 0 Å². The minimum Gasteiger partial charge on any atom is -0.326 e. The quantitative estimate of drug-likeness (QED) is 0.678. The van der Waals surface area contributed by atoms with Gasteiger partial charge in [-0.25, -0.2) is 0 Å². The Morgan fingerprint density at radius 3 is 2.78 bits per heavy atom. The SMILES string of the molecule is [C+]1=CC=CC=C1Nc1cccc(-c2nccc3ccccc23)c1. The first-order chi connectivity index (χ1) is 11.4.